The number of carbonyl (C=O) groups excluding carboxylic acids is 1. The van der Waals surface area contributed by atoms with Gasteiger partial charge in [0.05, 0.1) is 0 Å². The van der Waals surface area contributed by atoms with Gasteiger partial charge < -0.3 is 15.0 Å². The highest BCUT2D eigenvalue weighted by Crippen LogP contribution is 2.39. The molecule has 2 aliphatic rings. The average molecular weight is 545 g/mol. The van der Waals surface area contributed by atoms with Crippen molar-refractivity contribution in [1.82, 2.24) is 10.2 Å². The van der Waals surface area contributed by atoms with Gasteiger partial charge in [-0.3, -0.25) is 4.79 Å². The summed E-state index contributed by atoms with van der Waals surface area (Å²) in [4.78, 5) is 12.3. The molecule has 0 saturated carbocycles. The number of rotatable bonds is 7. The second kappa shape index (κ2) is 19.2. The molecule has 0 bridgehead atoms. The van der Waals surface area contributed by atoms with E-state index in [9.17, 15) is 4.79 Å². The molecule has 0 aromatic heterocycles. The molecular formula is C36H52N2O2. The van der Waals surface area contributed by atoms with Gasteiger partial charge in [-0.25, -0.2) is 0 Å². The van der Waals surface area contributed by atoms with Crippen LogP contribution < -0.4 is 10.1 Å². The molecule has 5 rings (SSSR count). The van der Waals surface area contributed by atoms with E-state index >= 15 is 0 Å². The van der Waals surface area contributed by atoms with Gasteiger partial charge in [0.15, 0.2) is 6.29 Å². The molecule has 0 atom stereocenters. The molecule has 0 amide bonds. The number of likely N-dealkylation sites (tertiary alicyclic amines) is 1. The molecule has 4 heteroatoms. The number of carbonyl (C=O) groups is 1. The van der Waals surface area contributed by atoms with Gasteiger partial charge in [-0.15, -0.1) is 0 Å². The Kier molecular flexibility index (Phi) is 15.9. The molecule has 3 aromatic carbocycles. The summed E-state index contributed by atoms with van der Waals surface area (Å²) in [6.07, 6.45) is 7.14. The van der Waals surface area contributed by atoms with Crippen molar-refractivity contribution in [3.8, 4) is 5.75 Å². The molecule has 2 heterocycles. The van der Waals surface area contributed by atoms with Crippen molar-refractivity contribution in [2.24, 2.45) is 5.92 Å². The first kappa shape index (κ1) is 33.3. The van der Waals surface area contributed by atoms with Gasteiger partial charge in [-0.2, -0.15) is 0 Å². The maximum absolute atomic E-state index is 9.85. The summed E-state index contributed by atoms with van der Waals surface area (Å²) >= 11 is 0. The van der Waals surface area contributed by atoms with E-state index < -0.39 is 0 Å². The molecule has 2 saturated heterocycles. The minimum absolute atomic E-state index is 0.129. The maximum Gasteiger partial charge on any atom is 0.157 e. The summed E-state index contributed by atoms with van der Waals surface area (Å²) in [5, 5.41) is 3.16. The first-order valence-electron chi connectivity index (χ1n) is 15.0. The van der Waals surface area contributed by atoms with Crippen molar-refractivity contribution in [2.75, 3.05) is 39.8 Å². The van der Waals surface area contributed by atoms with Crippen LogP contribution in [0.1, 0.15) is 63.1 Å². The third-order valence-electron chi connectivity index (χ3n) is 7.63. The number of para-hydroxylation sites is 1. The Bertz CT molecular complexity index is 1030. The van der Waals surface area contributed by atoms with Crippen LogP contribution in [0.4, 0.5) is 0 Å². The van der Waals surface area contributed by atoms with E-state index in [0.717, 1.165) is 24.4 Å². The summed E-state index contributed by atoms with van der Waals surface area (Å²) in [6.45, 7) is 13.9. The van der Waals surface area contributed by atoms with Gasteiger partial charge in [0.2, 0.25) is 0 Å². The van der Waals surface area contributed by atoms with Gasteiger partial charge in [0, 0.05) is 0 Å². The van der Waals surface area contributed by atoms with Gasteiger partial charge in [0.1, 0.15) is 12.4 Å². The molecule has 4 nitrogen and oxygen atoms in total. The largest absolute Gasteiger partial charge is 0.486 e. The average Bonchev–Trinajstić information content (AvgIpc) is 2.99. The summed E-state index contributed by atoms with van der Waals surface area (Å²) in [6, 6.07) is 29.0. The number of hydrogen-bond donors (Lipinski definition) is 1. The number of nitrogens with one attached hydrogen (secondary N) is 1. The number of hydrogen-bond acceptors (Lipinski definition) is 4. The van der Waals surface area contributed by atoms with Crippen molar-refractivity contribution >= 4 is 6.29 Å². The quantitative estimate of drug-likeness (QED) is 0.313. The van der Waals surface area contributed by atoms with Crippen LogP contribution in [-0.2, 0) is 16.6 Å². The van der Waals surface area contributed by atoms with Crippen molar-refractivity contribution in [3.05, 3.63) is 102 Å². The zero-order valence-corrected chi connectivity index (χ0v) is 25.6. The minimum atomic E-state index is 0.129. The summed E-state index contributed by atoms with van der Waals surface area (Å²) in [5.74, 6) is 1.68. The molecule has 218 valence electrons. The number of benzene rings is 3. The predicted octanol–water partition coefficient (Wildman–Crippen LogP) is 7.50. The van der Waals surface area contributed by atoms with E-state index in [0.29, 0.717) is 5.41 Å². The third-order valence-corrected chi connectivity index (χ3v) is 7.63. The van der Waals surface area contributed by atoms with Gasteiger partial charge in [0.25, 0.3) is 0 Å². The highest BCUT2D eigenvalue weighted by molar-refractivity contribution is 5.51. The molecule has 0 aliphatic carbocycles. The molecule has 2 fully saturated rings. The monoisotopic (exact) mass is 544 g/mol. The number of aldehydes is 1. The second-order valence-corrected chi connectivity index (χ2v) is 11.1. The van der Waals surface area contributed by atoms with Crippen LogP contribution >= 0.6 is 0 Å². The number of ether oxygens (including phenoxy) is 1. The van der Waals surface area contributed by atoms with Gasteiger partial charge in [-0.1, -0.05) is 106 Å². The lowest BCUT2D eigenvalue weighted by atomic mass is 9.70. The van der Waals surface area contributed by atoms with Crippen LogP contribution in [0.5, 0.6) is 5.75 Å². The zero-order valence-electron chi connectivity index (χ0n) is 25.6. The van der Waals surface area contributed by atoms with Crippen LogP contribution in [0.25, 0.3) is 0 Å². The van der Waals surface area contributed by atoms with Crippen molar-refractivity contribution in [2.45, 2.75) is 65.2 Å². The molecule has 0 radical (unpaired) electrons. The van der Waals surface area contributed by atoms with Crippen LogP contribution in [0, 0.1) is 12.8 Å². The zero-order chi connectivity index (χ0) is 29.1. The topological polar surface area (TPSA) is 41.6 Å². The standard InChI is InChI=1S/C15H23N.C9H12.C8H8O2.C4H9N/c1-3-9-15(10-12-16(2)13-11-15)14-7-5-4-6-8-14;1-3-9-6-4-8(2)5-7-9;9-6-7-10-8-4-2-1-3-5-8;1-4-2-5-3-4/h4-8H,3,9-13H2,1-2H3;4-7H,3H2,1-2H3;1-6H,7H2;4-5H,2-3H2,1H3. The van der Waals surface area contributed by atoms with Crippen LogP contribution in [0.15, 0.2) is 84.9 Å². The molecule has 2 aliphatic heterocycles. The van der Waals surface area contributed by atoms with Crippen LogP contribution in [-0.4, -0.2) is 51.0 Å². The van der Waals surface area contributed by atoms with E-state index in [1.165, 1.54) is 63.0 Å². The number of nitrogens with zero attached hydrogens (tertiary/aromatic N) is 1. The molecule has 0 spiro atoms. The Morgan fingerprint density at radius 3 is 1.90 bits per heavy atom. The Labute approximate surface area is 244 Å². The molecule has 3 aromatic rings. The fraction of sp³-hybridized carbons (Fsp3) is 0.472. The van der Waals surface area contributed by atoms with E-state index in [-0.39, 0.29) is 6.61 Å². The fourth-order valence-electron chi connectivity index (χ4n) is 4.90. The minimum Gasteiger partial charge on any atom is -0.486 e. The maximum atomic E-state index is 9.85. The normalized spacial score (nSPS) is 15.9. The SMILES string of the molecule is CC1CNC1.CCCC1(c2ccccc2)CCN(C)CC1.CCc1ccc(C)cc1.O=CCOc1ccccc1. The van der Waals surface area contributed by atoms with E-state index in [4.69, 9.17) is 4.74 Å². The second-order valence-electron chi connectivity index (χ2n) is 11.1. The lowest BCUT2D eigenvalue weighted by molar-refractivity contribution is -0.109. The number of piperidine rings is 1. The third kappa shape index (κ3) is 12.5. The number of aryl methyl sites for hydroxylation is 2. The highest BCUT2D eigenvalue weighted by atomic mass is 16.5. The molecule has 1 N–H and O–H groups in total. The van der Waals surface area contributed by atoms with Crippen LogP contribution in [0.2, 0.25) is 0 Å². The molecule has 40 heavy (non-hydrogen) atoms. The molecule has 0 unspecified atom stereocenters. The van der Waals surface area contributed by atoms with E-state index in [1.54, 1.807) is 5.56 Å². The van der Waals surface area contributed by atoms with Gasteiger partial charge >= 0.3 is 0 Å². The van der Waals surface area contributed by atoms with Crippen molar-refractivity contribution in [3.63, 3.8) is 0 Å². The first-order valence-corrected chi connectivity index (χ1v) is 15.0. The fourth-order valence-corrected chi connectivity index (χ4v) is 4.90. The van der Waals surface area contributed by atoms with E-state index in [1.807, 2.05) is 30.3 Å². The molecular weight excluding hydrogens is 492 g/mol. The predicted molar refractivity (Wildman–Crippen MR) is 170 cm³/mol. The first-order chi connectivity index (χ1) is 19.4. The lowest BCUT2D eigenvalue weighted by Crippen LogP contribution is -2.40. The summed E-state index contributed by atoms with van der Waals surface area (Å²) in [7, 11) is 2.24. The summed E-state index contributed by atoms with van der Waals surface area (Å²) < 4.78 is 4.99. The van der Waals surface area contributed by atoms with E-state index in [2.05, 4.69) is 99.6 Å². The van der Waals surface area contributed by atoms with Crippen molar-refractivity contribution < 1.29 is 9.53 Å². The Balaban J connectivity index is 0.000000202. The Morgan fingerprint density at radius 2 is 1.45 bits per heavy atom. The smallest absolute Gasteiger partial charge is 0.157 e. The summed E-state index contributed by atoms with van der Waals surface area (Å²) in [5.41, 5.74) is 4.78. The van der Waals surface area contributed by atoms with Gasteiger partial charge in [-0.05, 0) is 100 Å². The Morgan fingerprint density at radius 1 is 0.900 bits per heavy atom. The lowest BCUT2D eigenvalue weighted by Gasteiger charge is -2.41. The van der Waals surface area contributed by atoms with Crippen molar-refractivity contribution in [1.29, 1.82) is 0 Å². The Hall–Kier alpha value is -2.95. The van der Waals surface area contributed by atoms with Crippen LogP contribution in [0.3, 0.4) is 0 Å². The highest BCUT2D eigenvalue weighted by Gasteiger charge is 2.34.